The number of rotatable bonds is 3. The number of anilines is 1. The van der Waals surface area contributed by atoms with E-state index in [1.807, 2.05) is 13.1 Å². The Kier molecular flexibility index (Phi) is 4.52. The number of hydrogen-bond donors (Lipinski definition) is 0. The molecule has 0 saturated heterocycles. The van der Waals surface area contributed by atoms with Gasteiger partial charge in [0.25, 0.3) is 0 Å². The number of benzene rings is 1. The van der Waals surface area contributed by atoms with Gasteiger partial charge in [-0.05, 0) is 12.5 Å². The number of aromatic nitrogens is 2. The maximum atomic E-state index is 6.15. The van der Waals surface area contributed by atoms with Crippen LogP contribution >= 0.6 is 11.6 Å². The van der Waals surface area contributed by atoms with Crippen molar-refractivity contribution in [1.29, 1.82) is 0 Å². The van der Waals surface area contributed by atoms with Gasteiger partial charge in [-0.2, -0.15) is 0 Å². The first kappa shape index (κ1) is 15.8. The van der Waals surface area contributed by atoms with Crippen LogP contribution in [-0.4, -0.2) is 17.0 Å². The first-order valence-electron chi connectivity index (χ1n) is 7.07. The molecule has 0 amide bonds. The molecule has 0 N–H and O–H groups in total. The van der Waals surface area contributed by atoms with Crippen LogP contribution in [0, 0.1) is 6.92 Å². The molecule has 2 rings (SSSR count). The summed E-state index contributed by atoms with van der Waals surface area (Å²) in [6.07, 6.45) is 0. The van der Waals surface area contributed by atoms with E-state index in [-0.39, 0.29) is 5.41 Å². The van der Waals surface area contributed by atoms with E-state index in [0.717, 1.165) is 18.2 Å². The van der Waals surface area contributed by atoms with Gasteiger partial charge in [0, 0.05) is 25.1 Å². The molecule has 21 heavy (non-hydrogen) atoms. The Morgan fingerprint density at radius 2 is 1.71 bits per heavy atom. The lowest BCUT2D eigenvalue weighted by molar-refractivity contribution is 0.544. The molecule has 0 aliphatic rings. The van der Waals surface area contributed by atoms with Gasteiger partial charge in [0.15, 0.2) is 0 Å². The van der Waals surface area contributed by atoms with Crippen molar-refractivity contribution in [3.05, 3.63) is 52.4 Å². The molecule has 0 spiro atoms. The van der Waals surface area contributed by atoms with Gasteiger partial charge < -0.3 is 4.90 Å². The molecule has 4 heteroatoms. The first-order valence-corrected chi connectivity index (χ1v) is 7.45. The van der Waals surface area contributed by atoms with Crippen LogP contribution in [0.2, 0.25) is 5.15 Å². The van der Waals surface area contributed by atoms with Crippen molar-refractivity contribution in [2.45, 2.75) is 39.7 Å². The second-order valence-electron chi connectivity index (χ2n) is 6.46. The van der Waals surface area contributed by atoms with E-state index < -0.39 is 0 Å². The van der Waals surface area contributed by atoms with E-state index in [9.17, 15) is 0 Å². The maximum Gasteiger partial charge on any atom is 0.137 e. The van der Waals surface area contributed by atoms with Gasteiger partial charge in [0.1, 0.15) is 16.8 Å². The topological polar surface area (TPSA) is 29.0 Å². The van der Waals surface area contributed by atoms with E-state index in [1.165, 1.54) is 11.1 Å². The highest BCUT2D eigenvalue weighted by Gasteiger charge is 2.19. The molecule has 1 aromatic carbocycles. The first-order chi connectivity index (χ1) is 9.75. The third-order valence-electron chi connectivity index (χ3n) is 3.28. The molecule has 0 unspecified atom stereocenters. The second kappa shape index (κ2) is 6.02. The largest absolute Gasteiger partial charge is 0.355 e. The molecule has 0 atom stereocenters. The summed E-state index contributed by atoms with van der Waals surface area (Å²) in [6, 6.07) is 10.3. The summed E-state index contributed by atoms with van der Waals surface area (Å²) in [5.74, 6) is 1.61. The zero-order chi connectivity index (χ0) is 15.6. The van der Waals surface area contributed by atoms with Crippen LogP contribution in [-0.2, 0) is 12.0 Å². The van der Waals surface area contributed by atoms with Gasteiger partial charge in [0.05, 0.1) is 0 Å². The Morgan fingerprint density at radius 1 is 1.10 bits per heavy atom. The van der Waals surface area contributed by atoms with Crippen molar-refractivity contribution in [2.75, 3.05) is 11.9 Å². The van der Waals surface area contributed by atoms with Crippen molar-refractivity contribution in [3.63, 3.8) is 0 Å². The van der Waals surface area contributed by atoms with Gasteiger partial charge >= 0.3 is 0 Å². The van der Waals surface area contributed by atoms with Crippen LogP contribution in [0.5, 0.6) is 0 Å². The molecule has 0 aliphatic carbocycles. The minimum Gasteiger partial charge on any atom is -0.355 e. The summed E-state index contributed by atoms with van der Waals surface area (Å²) in [6.45, 7) is 9.14. The van der Waals surface area contributed by atoms with Crippen molar-refractivity contribution < 1.29 is 0 Å². The Hall–Kier alpha value is -1.61. The summed E-state index contributed by atoms with van der Waals surface area (Å²) in [5.41, 5.74) is 2.39. The Bertz CT molecular complexity index is 615. The predicted molar refractivity (Wildman–Crippen MR) is 89.0 cm³/mol. The van der Waals surface area contributed by atoms with Crippen molar-refractivity contribution in [3.8, 4) is 0 Å². The Morgan fingerprint density at radius 3 is 2.29 bits per heavy atom. The van der Waals surface area contributed by atoms with Gasteiger partial charge in [-0.3, -0.25) is 0 Å². The van der Waals surface area contributed by atoms with Crippen LogP contribution < -0.4 is 4.90 Å². The summed E-state index contributed by atoms with van der Waals surface area (Å²) >= 11 is 6.15. The summed E-state index contributed by atoms with van der Waals surface area (Å²) in [7, 11) is 2.02. The number of aryl methyl sites for hydroxylation is 1. The van der Waals surface area contributed by atoms with E-state index in [0.29, 0.717) is 5.15 Å². The average molecular weight is 304 g/mol. The summed E-state index contributed by atoms with van der Waals surface area (Å²) in [4.78, 5) is 11.1. The molecule has 0 fully saturated rings. The quantitative estimate of drug-likeness (QED) is 0.788. The zero-order valence-electron chi connectivity index (χ0n) is 13.3. The van der Waals surface area contributed by atoms with E-state index in [4.69, 9.17) is 11.6 Å². The minimum absolute atomic E-state index is 0.121. The SMILES string of the molecule is Cc1ccc(CN(C)c2cc(Cl)nc(C(C)(C)C)n2)cc1. The minimum atomic E-state index is -0.121. The number of nitrogens with zero attached hydrogens (tertiary/aromatic N) is 3. The molecule has 0 radical (unpaired) electrons. The fourth-order valence-corrected chi connectivity index (χ4v) is 2.16. The fourth-order valence-electron chi connectivity index (χ4n) is 1.99. The highest BCUT2D eigenvalue weighted by Crippen LogP contribution is 2.24. The Balaban J connectivity index is 2.24. The van der Waals surface area contributed by atoms with Crippen LogP contribution in [0.15, 0.2) is 30.3 Å². The molecule has 1 aromatic heterocycles. The zero-order valence-corrected chi connectivity index (χ0v) is 14.1. The lowest BCUT2D eigenvalue weighted by atomic mass is 9.96. The maximum absolute atomic E-state index is 6.15. The smallest absolute Gasteiger partial charge is 0.137 e. The van der Waals surface area contributed by atoms with E-state index >= 15 is 0 Å². The van der Waals surface area contributed by atoms with Crippen molar-refractivity contribution in [2.24, 2.45) is 0 Å². The molecule has 2 aromatic rings. The van der Waals surface area contributed by atoms with Crippen molar-refractivity contribution in [1.82, 2.24) is 9.97 Å². The van der Waals surface area contributed by atoms with Crippen LogP contribution in [0.25, 0.3) is 0 Å². The highest BCUT2D eigenvalue weighted by atomic mass is 35.5. The Labute approximate surface area is 132 Å². The normalized spacial score (nSPS) is 11.5. The standard InChI is InChI=1S/C17H22ClN3/c1-12-6-8-13(9-7-12)11-21(5)15-10-14(18)19-16(20-15)17(2,3)4/h6-10H,11H2,1-5H3. The second-order valence-corrected chi connectivity index (χ2v) is 6.85. The fraction of sp³-hybridized carbons (Fsp3) is 0.412. The van der Waals surface area contributed by atoms with Crippen LogP contribution in [0.1, 0.15) is 37.7 Å². The molecule has 0 aliphatic heterocycles. The molecule has 3 nitrogen and oxygen atoms in total. The number of hydrogen-bond acceptors (Lipinski definition) is 3. The lowest BCUT2D eigenvalue weighted by Crippen LogP contribution is -2.22. The molecule has 0 bridgehead atoms. The van der Waals surface area contributed by atoms with Crippen LogP contribution in [0.4, 0.5) is 5.82 Å². The molecular weight excluding hydrogens is 282 g/mol. The summed E-state index contributed by atoms with van der Waals surface area (Å²) < 4.78 is 0. The van der Waals surface area contributed by atoms with E-state index in [2.05, 4.69) is 66.8 Å². The third kappa shape index (κ3) is 4.18. The van der Waals surface area contributed by atoms with Gasteiger partial charge in [-0.1, -0.05) is 62.2 Å². The monoisotopic (exact) mass is 303 g/mol. The van der Waals surface area contributed by atoms with Crippen molar-refractivity contribution >= 4 is 17.4 Å². The predicted octanol–water partition coefficient (Wildman–Crippen LogP) is 4.37. The molecule has 0 saturated carbocycles. The lowest BCUT2D eigenvalue weighted by Gasteiger charge is -2.22. The number of halogens is 1. The highest BCUT2D eigenvalue weighted by molar-refractivity contribution is 6.29. The third-order valence-corrected chi connectivity index (χ3v) is 3.48. The average Bonchev–Trinajstić information content (AvgIpc) is 2.39. The van der Waals surface area contributed by atoms with Gasteiger partial charge in [0.2, 0.25) is 0 Å². The van der Waals surface area contributed by atoms with E-state index in [1.54, 1.807) is 0 Å². The summed E-state index contributed by atoms with van der Waals surface area (Å²) in [5, 5.41) is 0.487. The van der Waals surface area contributed by atoms with Crippen LogP contribution in [0.3, 0.4) is 0 Å². The van der Waals surface area contributed by atoms with Gasteiger partial charge in [-0.25, -0.2) is 9.97 Å². The molecule has 112 valence electrons. The molecule has 1 heterocycles. The van der Waals surface area contributed by atoms with Gasteiger partial charge in [-0.15, -0.1) is 0 Å². The molecular formula is C17H22ClN3.